The maximum atomic E-state index is 9.65. The van der Waals surface area contributed by atoms with E-state index in [1.807, 2.05) is 24.3 Å². The van der Waals surface area contributed by atoms with E-state index in [9.17, 15) is 5.11 Å². The van der Waals surface area contributed by atoms with Crippen LogP contribution in [0.2, 0.25) is 0 Å². The minimum Gasteiger partial charge on any atom is -0.383 e. The highest BCUT2D eigenvalue weighted by atomic mass is 16.3. The summed E-state index contributed by atoms with van der Waals surface area (Å²) in [6.45, 7) is 6.40. The molecule has 7 heteroatoms. The first-order valence-corrected chi connectivity index (χ1v) is 11.6. The number of rotatable bonds is 4. The number of aliphatic hydroxyl groups excluding tert-OH is 1. The van der Waals surface area contributed by atoms with E-state index in [1.165, 1.54) is 11.9 Å². The Balaban J connectivity index is 1.73. The SMILES string of the molecule is CC(O)C#Cc1nn(Cc2cc3ccccc3nc2-c2ccccc2C(C)C)c2ncnc(N)c12. The van der Waals surface area contributed by atoms with Crippen molar-refractivity contribution in [3.8, 4) is 23.1 Å². The van der Waals surface area contributed by atoms with E-state index in [-0.39, 0.29) is 0 Å². The number of nitrogen functional groups attached to an aromatic ring is 1. The third kappa shape index (κ3) is 4.32. The van der Waals surface area contributed by atoms with Crippen LogP contribution in [-0.2, 0) is 6.54 Å². The Bertz CT molecular complexity index is 1610. The molecule has 1 unspecified atom stereocenters. The third-order valence-electron chi connectivity index (χ3n) is 5.92. The number of hydrogen-bond donors (Lipinski definition) is 2. The summed E-state index contributed by atoms with van der Waals surface area (Å²) < 4.78 is 1.78. The second-order valence-corrected chi connectivity index (χ2v) is 8.84. The smallest absolute Gasteiger partial charge is 0.164 e. The van der Waals surface area contributed by atoms with E-state index in [0.29, 0.717) is 35.0 Å². The van der Waals surface area contributed by atoms with Gasteiger partial charge in [0.1, 0.15) is 23.9 Å². The number of nitrogens with zero attached hydrogens (tertiary/aromatic N) is 5. The van der Waals surface area contributed by atoms with Crippen LogP contribution in [0, 0.1) is 11.8 Å². The van der Waals surface area contributed by atoms with Gasteiger partial charge in [0, 0.05) is 16.5 Å². The molecule has 3 heterocycles. The van der Waals surface area contributed by atoms with Crippen LogP contribution in [-0.4, -0.2) is 35.9 Å². The maximum Gasteiger partial charge on any atom is 0.164 e. The van der Waals surface area contributed by atoms with Crippen molar-refractivity contribution in [2.75, 3.05) is 5.73 Å². The maximum absolute atomic E-state index is 9.65. The molecule has 3 aromatic heterocycles. The van der Waals surface area contributed by atoms with E-state index in [1.54, 1.807) is 11.6 Å². The summed E-state index contributed by atoms with van der Waals surface area (Å²) >= 11 is 0. The molecule has 2 aromatic carbocycles. The predicted molar refractivity (Wildman–Crippen MR) is 139 cm³/mol. The standard InChI is InChI=1S/C28H26N6O/c1-17(2)21-9-5-6-10-22(21)26-20(14-19-8-4-7-11-23(19)32-26)15-34-28-25(27(29)30-16-31-28)24(33-34)13-12-18(3)35/h4-11,14,16-18,35H,15H2,1-3H3,(H2,29,30,31). The lowest BCUT2D eigenvalue weighted by Gasteiger charge is -2.16. The molecule has 0 amide bonds. The highest BCUT2D eigenvalue weighted by Gasteiger charge is 2.19. The molecule has 3 N–H and O–H groups in total. The van der Waals surface area contributed by atoms with E-state index in [0.717, 1.165) is 27.7 Å². The normalized spacial score (nSPS) is 12.1. The molecule has 7 nitrogen and oxygen atoms in total. The van der Waals surface area contributed by atoms with Crippen molar-refractivity contribution < 1.29 is 5.11 Å². The van der Waals surface area contributed by atoms with Crippen molar-refractivity contribution in [1.82, 2.24) is 24.7 Å². The van der Waals surface area contributed by atoms with Gasteiger partial charge in [-0.15, -0.1) is 0 Å². The fraction of sp³-hybridized carbons (Fsp3) is 0.214. The molecule has 0 aliphatic carbocycles. The quantitative estimate of drug-likeness (QED) is 0.381. The third-order valence-corrected chi connectivity index (χ3v) is 5.92. The second kappa shape index (κ2) is 9.16. The van der Waals surface area contributed by atoms with Gasteiger partial charge >= 0.3 is 0 Å². The van der Waals surface area contributed by atoms with Crippen molar-refractivity contribution in [1.29, 1.82) is 0 Å². The number of pyridine rings is 1. The molecule has 5 rings (SSSR count). The number of aromatic nitrogens is 5. The fourth-order valence-corrected chi connectivity index (χ4v) is 4.29. The zero-order valence-electron chi connectivity index (χ0n) is 19.9. The van der Waals surface area contributed by atoms with Crippen LogP contribution >= 0.6 is 0 Å². The molecular formula is C28H26N6O. The summed E-state index contributed by atoms with van der Waals surface area (Å²) in [7, 11) is 0. The molecule has 35 heavy (non-hydrogen) atoms. The molecule has 1 atom stereocenters. The first-order valence-electron chi connectivity index (χ1n) is 11.6. The predicted octanol–water partition coefficient (Wildman–Crippen LogP) is 4.53. The van der Waals surface area contributed by atoms with Crippen molar-refractivity contribution in [3.63, 3.8) is 0 Å². The van der Waals surface area contributed by atoms with Gasteiger partial charge in [-0.25, -0.2) is 19.6 Å². The Morgan fingerprint density at radius 1 is 1.03 bits per heavy atom. The van der Waals surface area contributed by atoms with E-state index in [2.05, 4.69) is 66.0 Å². The van der Waals surface area contributed by atoms with Crippen LogP contribution in [0.4, 0.5) is 5.82 Å². The summed E-state index contributed by atoms with van der Waals surface area (Å²) in [4.78, 5) is 13.7. The number of benzene rings is 2. The van der Waals surface area contributed by atoms with Gasteiger partial charge in [-0.1, -0.05) is 62.2 Å². The van der Waals surface area contributed by atoms with E-state index < -0.39 is 6.10 Å². The van der Waals surface area contributed by atoms with Crippen LogP contribution < -0.4 is 5.73 Å². The monoisotopic (exact) mass is 462 g/mol. The van der Waals surface area contributed by atoms with Crippen molar-refractivity contribution in [2.45, 2.75) is 39.3 Å². The molecular weight excluding hydrogens is 436 g/mol. The van der Waals surface area contributed by atoms with Crippen LogP contribution in [0.5, 0.6) is 0 Å². The fourth-order valence-electron chi connectivity index (χ4n) is 4.29. The topological polar surface area (TPSA) is 103 Å². The van der Waals surface area contributed by atoms with Gasteiger partial charge in [0.15, 0.2) is 5.65 Å². The lowest BCUT2D eigenvalue weighted by Crippen LogP contribution is -2.07. The van der Waals surface area contributed by atoms with Gasteiger partial charge in [-0.05, 0) is 36.5 Å². The molecule has 0 spiro atoms. The molecule has 174 valence electrons. The summed E-state index contributed by atoms with van der Waals surface area (Å²) in [6.07, 6.45) is 0.639. The van der Waals surface area contributed by atoms with Gasteiger partial charge in [0.2, 0.25) is 0 Å². The number of aliphatic hydroxyl groups is 1. The van der Waals surface area contributed by atoms with Crippen molar-refractivity contribution >= 4 is 27.8 Å². The molecule has 5 aromatic rings. The van der Waals surface area contributed by atoms with Gasteiger partial charge in [-0.2, -0.15) is 5.10 Å². The average molecular weight is 463 g/mol. The Morgan fingerprint density at radius 2 is 1.80 bits per heavy atom. The first-order chi connectivity index (χ1) is 16.9. The highest BCUT2D eigenvalue weighted by molar-refractivity contribution is 5.90. The number of nitrogens with two attached hydrogens (primary N) is 1. The van der Waals surface area contributed by atoms with Crippen LogP contribution in [0.15, 0.2) is 60.9 Å². The Labute approximate surface area is 203 Å². The minimum absolute atomic E-state index is 0.304. The van der Waals surface area contributed by atoms with Crippen LogP contribution in [0.3, 0.4) is 0 Å². The zero-order chi connectivity index (χ0) is 24.5. The highest BCUT2D eigenvalue weighted by Crippen LogP contribution is 2.33. The van der Waals surface area contributed by atoms with Gasteiger partial charge in [0.05, 0.1) is 23.1 Å². The molecule has 0 aliphatic heterocycles. The van der Waals surface area contributed by atoms with Crippen LogP contribution in [0.25, 0.3) is 33.2 Å². The molecule has 0 aliphatic rings. The Kier molecular flexibility index (Phi) is 5.89. The summed E-state index contributed by atoms with van der Waals surface area (Å²) in [5, 5.41) is 16.0. The van der Waals surface area contributed by atoms with Gasteiger partial charge in [-0.3, -0.25) is 0 Å². The van der Waals surface area contributed by atoms with E-state index >= 15 is 0 Å². The van der Waals surface area contributed by atoms with Crippen molar-refractivity contribution in [2.24, 2.45) is 0 Å². The van der Waals surface area contributed by atoms with Gasteiger partial charge in [0.25, 0.3) is 0 Å². The molecule has 0 saturated carbocycles. The van der Waals surface area contributed by atoms with Crippen molar-refractivity contribution in [3.05, 3.63) is 77.7 Å². The second-order valence-electron chi connectivity index (χ2n) is 8.84. The largest absolute Gasteiger partial charge is 0.383 e. The lowest BCUT2D eigenvalue weighted by molar-refractivity contribution is 0.253. The lowest BCUT2D eigenvalue weighted by atomic mass is 9.92. The summed E-state index contributed by atoms with van der Waals surface area (Å²) in [6, 6.07) is 18.6. The number of para-hydroxylation sites is 1. The zero-order valence-corrected chi connectivity index (χ0v) is 19.9. The molecule has 0 radical (unpaired) electrons. The molecule has 0 bridgehead atoms. The molecule has 0 saturated heterocycles. The van der Waals surface area contributed by atoms with Gasteiger partial charge < -0.3 is 10.8 Å². The Hall–Kier alpha value is -4.28. The number of fused-ring (bicyclic) bond motifs is 2. The Morgan fingerprint density at radius 3 is 2.60 bits per heavy atom. The number of hydrogen-bond acceptors (Lipinski definition) is 6. The minimum atomic E-state index is -0.787. The average Bonchev–Trinajstić information content (AvgIpc) is 3.21. The first kappa shape index (κ1) is 22.5. The van der Waals surface area contributed by atoms with Crippen LogP contribution in [0.1, 0.15) is 43.5 Å². The summed E-state index contributed by atoms with van der Waals surface area (Å²) in [5.41, 5.74) is 12.4. The summed E-state index contributed by atoms with van der Waals surface area (Å²) in [5.74, 6) is 6.32. The molecule has 0 fully saturated rings. The number of anilines is 1. The van der Waals surface area contributed by atoms with E-state index in [4.69, 9.17) is 15.8 Å².